The fourth-order valence-corrected chi connectivity index (χ4v) is 3.41. The second-order valence-corrected chi connectivity index (χ2v) is 6.26. The molecule has 2 fully saturated rings. The number of likely N-dealkylation sites (tertiary alicyclic amines) is 1. The summed E-state index contributed by atoms with van der Waals surface area (Å²) in [5.41, 5.74) is 1.01. The zero-order valence-corrected chi connectivity index (χ0v) is 12.7. The van der Waals surface area contributed by atoms with Crippen LogP contribution in [0.4, 0.5) is 5.82 Å². The summed E-state index contributed by atoms with van der Waals surface area (Å²) in [5.74, 6) is 1.37. The third-order valence-electron chi connectivity index (χ3n) is 4.66. The van der Waals surface area contributed by atoms with Crippen LogP contribution in [0.1, 0.15) is 57.1 Å². The first-order chi connectivity index (χ1) is 10.2. The van der Waals surface area contributed by atoms with Gasteiger partial charge in [-0.05, 0) is 25.7 Å². The first-order valence-corrected chi connectivity index (χ1v) is 8.06. The van der Waals surface area contributed by atoms with Gasteiger partial charge in [0, 0.05) is 32.0 Å². The van der Waals surface area contributed by atoms with E-state index in [1.807, 2.05) is 17.3 Å². The van der Waals surface area contributed by atoms with E-state index in [0.29, 0.717) is 12.0 Å². The third-order valence-corrected chi connectivity index (χ3v) is 4.66. The van der Waals surface area contributed by atoms with Gasteiger partial charge in [0.1, 0.15) is 5.82 Å². The van der Waals surface area contributed by atoms with Gasteiger partial charge < -0.3 is 10.2 Å². The van der Waals surface area contributed by atoms with Crippen molar-refractivity contribution in [3.8, 4) is 0 Å². The Morgan fingerprint density at radius 3 is 2.67 bits per heavy atom. The number of nitrogens with zero attached hydrogens (tertiary/aromatic N) is 3. The van der Waals surface area contributed by atoms with Crippen LogP contribution in [0, 0.1) is 0 Å². The predicted octanol–water partition coefficient (Wildman–Crippen LogP) is 2.56. The molecule has 5 heteroatoms. The molecule has 1 unspecified atom stereocenters. The van der Waals surface area contributed by atoms with Crippen LogP contribution in [-0.2, 0) is 4.79 Å². The van der Waals surface area contributed by atoms with Crippen molar-refractivity contribution in [1.29, 1.82) is 0 Å². The normalized spacial score (nSPS) is 23.3. The number of amides is 1. The van der Waals surface area contributed by atoms with Crippen molar-refractivity contribution in [3.63, 3.8) is 0 Å². The number of piperidine rings is 1. The number of aromatic nitrogens is 2. The molecule has 1 aliphatic heterocycles. The van der Waals surface area contributed by atoms with Crippen LogP contribution in [0.2, 0.25) is 0 Å². The van der Waals surface area contributed by atoms with Gasteiger partial charge in [0.2, 0.25) is 5.91 Å². The van der Waals surface area contributed by atoms with Crippen LogP contribution in [0.15, 0.2) is 12.4 Å². The van der Waals surface area contributed by atoms with Crippen molar-refractivity contribution < 1.29 is 4.79 Å². The zero-order valence-electron chi connectivity index (χ0n) is 12.7. The maximum Gasteiger partial charge on any atom is 0.219 e. The summed E-state index contributed by atoms with van der Waals surface area (Å²) in [6.07, 6.45) is 11.0. The fourth-order valence-electron chi connectivity index (χ4n) is 3.41. The fraction of sp³-hybridized carbons (Fsp3) is 0.688. The molecular formula is C16H24N4O. The monoisotopic (exact) mass is 288 g/mol. The SMILES string of the molecule is CC(=O)N1CCCC(c2cnc(NC3CCCC3)cn2)C1. The van der Waals surface area contributed by atoms with Crippen molar-refractivity contribution in [3.05, 3.63) is 18.1 Å². The first kappa shape index (κ1) is 14.3. The Morgan fingerprint density at radius 1 is 1.19 bits per heavy atom. The molecule has 5 nitrogen and oxygen atoms in total. The Balaban J connectivity index is 1.61. The Kier molecular flexibility index (Phi) is 4.36. The summed E-state index contributed by atoms with van der Waals surface area (Å²) in [6, 6.07) is 0.563. The van der Waals surface area contributed by atoms with Crippen molar-refractivity contribution in [2.24, 2.45) is 0 Å². The summed E-state index contributed by atoms with van der Waals surface area (Å²) < 4.78 is 0. The highest BCUT2D eigenvalue weighted by Crippen LogP contribution is 2.26. The van der Waals surface area contributed by atoms with Crippen LogP contribution in [0.5, 0.6) is 0 Å². The second kappa shape index (κ2) is 6.41. The molecule has 1 atom stereocenters. The molecule has 114 valence electrons. The van der Waals surface area contributed by atoms with E-state index < -0.39 is 0 Å². The van der Waals surface area contributed by atoms with E-state index in [1.54, 1.807) is 6.92 Å². The van der Waals surface area contributed by atoms with Gasteiger partial charge in [-0.1, -0.05) is 12.8 Å². The number of anilines is 1. The van der Waals surface area contributed by atoms with E-state index in [9.17, 15) is 4.79 Å². The van der Waals surface area contributed by atoms with E-state index >= 15 is 0 Å². The molecule has 1 aromatic rings. The van der Waals surface area contributed by atoms with Crippen LogP contribution < -0.4 is 5.32 Å². The average molecular weight is 288 g/mol. The summed E-state index contributed by atoms with van der Waals surface area (Å²) >= 11 is 0. The van der Waals surface area contributed by atoms with Crippen molar-refractivity contribution in [2.75, 3.05) is 18.4 Å². The lowest BCUT2D eigenvalue weighted by molar-refractivity contribution is -0.130. The standard InChI is InChI=1S/C16H24N4O/c1-12(21)20-8-4-5-13(11-20)15-9-18-16(10-17-15)19-14-6-2-3-7-14/h9-10,13-14H,2-8,11H2,1H3,(H,18,19). The Bertz CT molecular complexity index is 482. The maximum atomic E-state index is 11.5. The van der Waals surface area contributed by atoms with E-state index in [4.69, 9.17) is 0 Å². The highest BCUT2D eigenvalue weighted by Gasteiger charge is 2.24. The number of carbonyl (C=O) groups excluding carboxylic acids is 1. The Morgan fingerprint density at radius 2 is 2.00 bits per heavy atom. The van der Waals surface area contributed by atoms with Gasteiger partial charge >= 0.3 is 0 Å². The quantitative estimate of drug-likeness (QED) is 0.928. The predicted molar refractivity (Wildman–Crippen MR) is 82.1 cm³/mol. The second-order valence-electron chi connectivity index (χ2n) is 6.26. The number of carbonyl (C=O) groups is 1. The molecule has 1 saturated heterocycles. The lowest BCUT2D eigenvalue weighted by atomic mass is 9.95. The number of rotatable bonds is 3. The molecule has 2 aliphatic rings. The van der Waals surface area contributed by atoms with Gasteiger partial charge in [-0.15, -0.1) is 0 Å². The van der Waals surface area contributed by atoms with E-state index in [0.717, 1.165) is 37.4 Å². The molecule has 0 spiro atoms. The molecule has 1 saturated carbocycles. The summed E-state index contributed by atoms with van der Waals surface area (Å²) in [4.78, 5) is 22.5. The van der Waals surface area contributed by atoms with Gasteiger partial charge in [0.25, 0.3) is 0 Å². The van der Waals surface area contributed by atoms with Crippen molar-refractivity contribution in [2.45, 2.75) is 57.4 Å². The van der Waals surface area contributed by atoms with Crippen molar-refractivity contribution >= 4 is 11.7 Å². The smallest absolute Gasteiger partial charge is 0.219 e. The minimum atomic E-state index is 0.159. The summed E-state index contributed by atoms with van der Waals surface area (Å²) in [5, 5.41) is 3.46. The molecule has 1 aromatic heterocycles. The molecule has 2 heterocycles. The molecule has 1 aliphatic carbocycles. The Hall–Kier alpha value is -1.65. The maximum absolute atomic E-state index is 11.5. The van der Waals surface area contributed by atoms with Gasteiger partial charge in [0.05, 0.1) is 18.1 Å². The molecule has 3 rings (SSSR count). The summed E-state index contributed by atoms with van der Waals surface area (Å²) in [7, 11) is 0. The molecule has 0 bridgehead atoms. The van der Waals surface area contributed by atoms with Gasteiger partial charge in [-0.25, -0.2) is 4.98 Å². The molecule has 1 amide bonds. The first-order valence-electron chi connectivity index (χ1n) is 8.06. The Labute approximate surface area is 126 Å². The molecule has 0 radical (unpaired) electrons. The van der Waals surface area contributed by atoms with Gasteiger partial charge in [-0.2, -0.15) is 0 Å². The van der Waals surface area contributed by atoms with Crippen LogP contribution in [0.25, 0.3) is 0 Å². The topological polar surface area (TPSA) is 58.1 Å². The number of nitrogens with one attached hydrogen (secondary N) is 1. The van der Waals surface area contributed by atoms with E-state index in [1.165, 1.54) is 25.7 Å². The van der Waals surface area contributed by atoms with E-state index in [2.05, 4.69) is 15.3 Å². The highest BCUT2D eigenvalue weighted by molar-refractivity contribution is 5.73. The van der Waals surface area contributed by atoms with E-state index in [-0.39, 0.29) is 5.91 Å². The highest BCUT2D eigenvalue weighted by atomic mass is 16.2. The molecule has 0 aromatic carbocycles. The van der Waals surface area contributed by atoms with Gasteiger partial charge in [-0.3, -0.25) is 9.78 Å². The minimum absolute atomic E-state index is 0.159. The largest absolute Gasteiger partial charge is 0.366 e. The lowest BCUT2D eigenvalue weighted by Crippen LogP contribution is -2.37. The number of hydrogen-bond acceptors (Lipinski definition) is 4. The van der Waals surface area contributed by atoms with Crippen LogP contribution in [-0.4, -0.2) is 39.9 Å². The average Bonchev–Trinajstić information content (AvgIpc) is 3.01. The van der Waals surface area contributed by atoms with Crippen LogP contribution >= 0.6 is 0 Å². The summed E-state index contributed by atoms with van der Waals surface area (Å²) in [6.45, 7) is 3.29. The third kappa shape index (κ3) is 3.52. The molecular weight excluding hydrogens is 264 g/mol. The van der Waals surface area contributed by atoms with Crippen LogP contribution in [0.3, 0.4) is 0 Å². The van der Waals surface area contributed by atoms with Gasteiger partial charge in [0.15, 0.2) is 0 Å². The minimum Gasteiger partial charge on any atom is -0.366 e. The van der Waals surface area contributed by atoms with Crippen molar-refractivity contribution in [1.82, 2.24) is 14.9 Å². The molecule has 1 N–H and O–H groups in total. The lowest BCUT2D eigenvalue weighted by Gasteiger charge is -2.31. The number of hydrogen-bond donors (Lipinski definition) is 1. The molecule has 21 heavy (non-hydrogen) atoms. The zero-order chi connectivity index (χ0) is 14.7.